The van der Waals surface area contributed by atoms with Gasteiger partial charge < -0.3 is 19.9 Å². The van der Waals surface area contributed by atoms with Crippen LogP contribution in [-0.4, -0.2) is 60.3 Å². The normalized spacial score (nSPS) is 22.1. The van der Waals surface area contributed by atoms with E-state index >= 15 is 0 Å². The molecule has 24 heavy (non-hydrogen) atoms. The Morgan fingerprint density at radius 3 is 2.79 bits per heavy atom. The molecule has 0 aliphatic carbocycles. The minimum Gasteiger partial charge on any atom is -0.377 e. The van der Waals surface area contributed by atoms with Gasteiger partial charge >= 0.3 is 0 Å². The van der Waals surface area contributed by atoms with Gasteiger partial charge in [0.05, 0.1) is 6.10 Å². The average Bonchev–Trinajstić information content (AvgIpc) is 3.08. The van der Waals surface area contributed by atoms with Crippen molar-refractivity contribution in [2.45, 2.75) is 44.8 Å². The Morgan fingerprint density at radius 1 is 1.33 bits per heavy atom. The summed E-state index contributed by atoms with van der Waals surface area (Å²) < 4.78 is 5.77. The molecule has 1 aromatic rings. The van der Waals surface area contributed by atoms with Crippen LogP contribution in [0.25, 0.3) is 0 Å². The van der Waals surface area contributed by atoms with Crippen LogP contribution in [0.5, 0.6) is 0 Å². The quantitative estimate of drug-likeness (QED) is 0.844. The number of ether oxygens (including phenoxy) is 1. The predicted octanol–water partition coefficient (Wildman–Crippen LogP) is 3.27. The average molecular weight is 348 g/mol. The largest absolute Gasteiger partial charge is 0.377 e. The van der Waals surface area contributed by atoms with Crippen molar-refractivity contribution in [2.75, 3.05) is 38.6 Å². The number of rotatable bonds is 4. The van der Waals surface area contributed by atoms with E-state index < -0.39 is 0 Å². The zero-order valence-corrected chi connectivity index (χ0v) is 15.6. The van der Waals surface area contributed by atoms with E-state index in [1.54, 1.807) is 0 Å². The SMILES string of the molecule is Cc1cccc(NC(=S)N2CCC(N(C)C[C@H]3CCCO3)CC2)c1. The summed E-state index contributed by atoms with van der Waals surface area (Å²) in [5.41, 5.74) is 2.33. The lowest BCUT2D eigenvalue weighted by atomic mass is 10.0. The fourth-order valence-electron chi connectivity index (χ4n) is 3.69. The maximum Gasteiger partial charge on any atom is 0.173 e. The summed E-state index contributed by atoms with van der Waals surface area (Å²) in [6, 6.07) is 9.01. The second-order valence-electron chi connectivity index (χ2n) is 7.09. The third-order valence-electron chi connectivity index (χ3n) is 5.16. The first kappa shape index (κ1) is 17.6. The molecule has 1 atom stereocenters. The molecule has 2 fully saturated rings. The van der Waals surface area contributed by atoms with E-state index in [1.165, 1.54) is 31.2 Å². The van der Waals surface area contributed by atoms with Gasteiger partial charge in [0, 0.05) is 38.0 Å². The molecule has 1 N–H and O–H groups in total. The molecule has 0 unspecified atom stereocenters. The second kappa shape index (κ2) is 8.28. The second-order valence-corrected chi connectivity index (χ2v) is 7.48. The van der Waals surface area contributed by atoms with Gasteiger partial charge in [-0.15, -0.1) is 0 Å². The Bertz CT molecular complexity index is 551. The van der Waals surface area contributed by atoms with Gasteiger partial charge in [-0.3, -0.25) is 0 Å². The molecule has 0 amide bonds. The molecule has 5 heteroatoms. The standard InChI is InChI=1S/C19H29N3OS/c1-15-5-3-6-16(13-15)20-19(24)22-10-8-17(9-11-22)21(2)14-18-7-4-12-23-18/h3,5-6,13,17-18H,4,7-12,14H2,1-2H3,(H,20,24)/t18-/m1/s1. The number of likely N-dealkylation sites (N-methyl/N-ethyl adjacent to an activating group) is 1. The van der Waals surface area contributed by atoms with E-state index in [-0.39, 0.29) is 0 Å². The number of anilines is 1. The zero-order valence-electron chi connectivity index (χ0n) is 14.8. The molecule has 1 aromatic carbocycles. The van der Waals surface area contributed by atoms with E-state index in [2.05, 4.69) is 53.4 Å². The first-order valence-electron chi connectivity index (χ1n) is 9.06. The number of hydrogen-bond donors (Lipinski definition) is 1. The van der Waals surface area contributed by atoms with Crippen molar-refractivity contribution in [1.29, 1.82) is 0 Å². The summed E-state index contributed by atoms with van der Waals surface area (Å²) in [5.74, 6) is 0. The zero-order chi connectivity index (χ0) is 16.9. The Hall–Kier alpha value is -1.17. The van der Waals surface area contributed by atoms with E-state index in [0.717, 1.165) is 37.0 Å². The molecular formula is C19H29N3OS. The summed E-state index contributed by atoms with van der Waals surface area (Å²) in [5, 5.41) is 4.23. The monoisotopic (exact) mass is 347 g/mol. The van der Waals surface area contributed by atoms with Crippen molar-refractivity contribution in [3.63, 3.8) is 0 Å². The number of thiocarbonyl (C=S) groups is 1. The number of piperidine rings is 1. The highest BCUT2D eigenvalue weighted by Crippen LogP contribution is 2.20. The summed E-state index contributed by atoms with van der Waals surface area (Å²) >= 11 is 5.60. The lowest BCUT2D eigenvalue weighted by Crippen LogP contribution is -2.48. The fraction of sp³-hybridized carbons (Fsp3) is 0.632. The van der Waals surface area contributed by atoms with Crippen LogP contribution in [0.15, 0.2) is 24.3 Å². The molecule has 0 spiro atoms. The van der Waals surface area contributed by atoms with Gasteiger partial charge in [0.15, 0.2) is 5.11 Å². The number of benzene rings is 1. The minimum atomic E-state index is 0.442. The minimum absolute atomic E-state index is 0.442. The van der Waals surface area contributed by atoms with Gasteiger partial charge in [-0.1, -0.05) is 12.1 Å². The Labute approximate surface area is 151 Å². The molecule has 0 aromatic heterocycles. The summed E-state index contributed by atoms with van der Waals surface area (Å²) in [4.78, 5) is 4.79. The number of nitrogens with one attached hydrogen (secondary N) is 1. The maximum absolute atomic E-state index is 5.77. The molecule has 0 radical (unpaired) electrons. The molecule has 0 saturated carbocycles. The number of nitrogens with zero attached hydrogens (tertiary/aromatic N) is 2. The van der Waals surface area contributed by atoms with Gasteiger partial charge in [0.25, 0.3) is 0 Å². The van der Waals surface area contributed by atoms with Crippen LogP contribution in [0, 0.1) is 6.92 Å². The van der Waals surface area contributed by atoms with Crippen molar-refractivity contribution in [2.24, 2.45) is 0 Å². The van der Waals surface area contributed by atoms with E-state index in [4.69, 9.17) is 17.0 Å². The highest BCUT2D eigenvalue weighted by atomic mass is 32.1. The van der Waals surface area contributed by atoms with Crippen molar-refractivity contribution < 1.29 is 4.74 Å². The van der Waals surface area contributed by atoms with Crippen LogP contribution in [0.4, 0.5) is 5.69 Å². The van der Waals surface area contributed by atoms with Gasteiger partial charge in [-0.05, 0) is 69.6 Å². The van der Waals surface area contributed by atoms with E-state index in [0.29, 0.717) is 12.1 Å². The van der Waals surface area contributed by atoms with Crippen molar-refractivity contribution in [3.05, 3.63) is 29.8 Å². The third kappa shape index (κ3) is 4.68. The first-order chi connectivity index (χ1) is 11.6. The molecule has 0 bridgehead atoms. The summed E-state index contributed by atoms with van der Waals surface area (Å²) in [7, 11) is 2.24. The van der Waals surface area contributed by atoms with Crippen LogP contribution < -0.4 is 5.32 Å². The van der Waals surface area contributed by atoms with Crippen LogP contribution in [-0.2, 0) is 4.74 Å². The topological polar surface area (TPSA) is 27.7 Å². The molecular weight excluding hydrogens is 318 g/mol. The van der Waals surface area contributed by atoms with Gasteiger partial charge in [-0.2, -0.15) is 0 Å². The third-order valence-corrected chi connectivity index (χ3v) is 5.52. The van der Waals surface area contributed by atoms with Gasteiger partial charge in [0.2, 0.25) is 0 Å². The highest BCUT2D eigenvalue weighted by molar-refractivity contribution is 7.80. The number of hydrogen-bond acceptors (Lipinski definition) is 3. The molecule has 132 valence electrons. The smallest absolute Gasteiger partial charge is 0.173 e. The summed E-state index contributed by atoms with van der Waals surface area (Å²) in [6.45, 7) is 6.16. The van der Waals surface area contributed by atoms with E-state index in [9.17, 15) is 0 Å². The Kier molecular flexibility index (Phi) is 6.09. The van der Waals surface area contributed by atoms with Gasteiger partial charge in [0.1, 0.15) is 0 Å². The summed E-state index contributed by atoms with van der Waals surface area (Å²) in [6.07, 6.45) is 5.21. The lowest BCUT2D eigenvalue weighted by Gasteiger charge is -2.38. The van der Waals surface area contributed by atoms with Crippen LogP contribution >= 0.6 is 12.2 Å². The highest BCUT2D eigenvalue weighted by Gasteiger charge is 2.26. The van der Waals surface area contributed by atoms with Crippen molar-refractivity contribution in [1.82, 2.24) is 9.80 Å². The van der Waals surface area contributed by atoms with Crippen LogP contribution in [0.3, 0.4) is 0 Å². The van der Waals surface area contributed by atoms with Crippen molar-refractivity contribution >= 4 is 23.0 Å². The first-order valence-corrected chi connectivity index (χ1v) is 9.47. The molecule has 4 nitrogen and oxygen atoms in total. The Morgan fingerprint density at radius 2 is 2.12 bits per heavy atom. The van der Waals surface area contributed by atoms with Crippen LogP contribution in [0.1, 0.15) is 31.2 Å². The Balaban J connectivity index is 1.44. The number of likely N-dealkylation sites (tertiary alicyclic amines) is 1. The number of aryl methyl sites for hydroxylation is 1. The molecule has 2 aliphatic rings. The predicted molar refractivity (Wildman–Crippen MR) is 104 cm³/mol. The molecule has 2 aliphatic heterocycles. The molecule has 3 rings (SSSR count). The molecule has 2 heterocycles. The van der Waals surface area contributed by atoms with Crippen LogP contribution in [0.2, 0.25) is 0 Å². The van der Waals surface area contributed by atoms with Gasteiger partial charge in [-0.25, -0.2) is 0 Å². The van der Waals surface area contributed by atoms with E-state index in [1.807, 2.05) is 0 Å². The maximum atomic E-state index is 5.77. The fourth-order valence-corrected chi connectivity index (χ4v) is 3.99. The van der Waals surface area contributed by atoms with Crippen molar-refractivity contribution in [3.8, 4) is 0 Å². The lowest BCUT2D eigenvalue weighted by molar-refractivity contribution is 0.0576. The molecule has 2 saturated heterocycles.